The summed E-state index contributed by atoms with van der Waals surface area (Å²) in [6.45, 7) is 9.00. The second kappa shape index (κ2) is 6.20. The van der Waals surface area contributed by atoms with Crippen molar-refractivity contribution in [3.8, 4) is 0 Å². The van der Waals surface area contributed by atoms with E-state index >= 15 is 0 Å². The summed E-state index contributed by atoms with van der Waals surface area (Å²) in [7, 11) is 0. The van der Waals surface area contributed by atoms with Crippen molar-refractivity contribution in [1.29, 1.82) is 0 Å². The number of carbonyl (C=O) groups excluding carboxylic acids is 1. The fraction of sp³-hybridized carbons (Fsp3) is 0.786. The Morgan fingerprint density at radius 2 is 2.24 bits per heavy atom. The number of amides is 1. The van der Waals surface area contributed by atoms with Gasteiger partial charge in [-0.1, -0.05) is 32.8 Å². The molecule has 3 heteroatoms. The van der Waals surface area contributed by atoms with E-state index in [0.717, 1.165) is 19.3 Å². The fourth-order valence-electron chi connectivity index (χ4n) is 2.74. The van der Waals surface area contributed by atoms with Gasteiger partial charge in [0.2, 0.25) is 5.91 Å². The predicted molar refractivity (Wildman–Crippen MR) is 69.6 cm³/mol. The molecule has 1 rings (SSSR count). The summed E-state index contributed by atoms with van der Waals surface area (Å²) in [5, 5.41) is 9.01. The van der Waals surface area contributed by atoms with E-state index in [1.165, 1.54) is 6.42 Å². The van der Waals surface area contributed by atoms with Gasteiger partial charge in [0.15, 0.2) is 0 Å². The lowest BCUT2D eigenvalue weighted by Crippen LogP contribution is -2.44. The molecule has 1 amide bonds. The van der Waals surface area contributed by atoms with Gasteiger partial charge in [-0.05, 0) is 18.3 Å². The van der Waals surface area contributed by atoms with Crippen LogP contribution in [0.25, 0.3) is 0 Å². The molecule has 1 unspecified atom stereocenters. The molecule has 1 atom stereocenters. The second-order valence-corrected chi connectivity index (χ2v) is 5.58. The summed E-state index contributed by atoms with van der Waals surface area (Å²) in [4.78, 5) is 14.2. The molecule has 0 bridgehead atoms. The normalized spacial score (nSPS) is 23.1. The molecule has 0 heterocycles. The predicted octanol–water partition coefficient (Wildman–Crippen LogP) is 2.21. The lowest BCUT2D eigenvalue weighted by atomic mass is 9.68. The molecule has 1 aliphatic carbocycles. The molecule has 3 nitrogen and oxygen atoms in total. The highest BCUT2D eigenvalue weighted by atomic mass is 16.3. The van der Waals surface area contributed by atoms with Gasteiger partial charge in [-0.25, -0.2) is 0 Å². The molecular formula is C14H25NO2. The zero-order chi connectivity index (χ0) is 12.9. The minimum absolute atomic E-state index is 0.0206. The van der Waals surface area contributed by atoms with Crippen LogP contribution >= 0.6 is 0 Å². The van der Waals surface area contributed by atoms with Crippen molar-refractivity contribution in [2.45, 2.75) is 39.5 Å². The summed E-state index contributed by atoms with van der Waals surface area (Å²) in [5.41, 5.74) is 0.0875. The van der Waals surface area contributed by atoms with Crippen molar-refractivity contribution >= 4 is 5.91 Å². The SMILES string of the molecule is C=CCN(CCO)C(=O)C1CCCCC1(C)C. The lowest BCUT2D eigenvalue weighted by molar-refractivity contribution is -0.141. The molecule has 0 aromatic carbocycles. The van der Waals surface area contributed by atoms with E-state index in [1.807, 2.05) is 0 Å². The molecule has 17 heavy (non-hydrogen) atoms. The van der Waals surface area contributed by atoms with Crippen LogP contribution in [0.5, 0.6) is 0 Å². The number of nitrogens with zero attached hydrogens (tertiary/aromatic N) is 1. The Morgan fingerprint density at radius 3 is 2.76 bits per heavy atom. The second-order valence-electron chi connectivity index (χ2n) is 5.58. The van der Waals surface area contributed by atoms with Crippen molar-refractivity contribution in [3.63, 3.8) is 0 Å². The van der Waals surface area contributed by atoms with Gasteiger partial charge in [0.25, 0.3) is 0 Å². The molecule has 0 radical (unpaired) electrons. The summed E-state index contributed by atoms with van der Waals surface area (Å²) in [6, 6.07) is 0. The molecule has 0 spiro atoms. The molecule has 1 N–H and O–H groups in total. The maximum Gasteiger partial charge on any atom is 0.226 e. The first-order chi connectivity index (χ1) is 8.03. The van der Waals surface area contributed by atoms with Crippen LogP contribution in [0.1, 0.15) is 39.5 Å². The van der Waals surface area contributed by atoms with Crippen molar-refractivity contribution in [1.82, 2.24) is 4.90 Å². The monoisotopic (exact) mass is 239 g/mol. The first-order valence-corrected chi connectivity index (χ1v) is 6.53. The van der Waals surface area contributed by atoms with E-state index < -0.39 is 0 Å². The number of hydrogen-bond acceptors (Lipinski definition) is 2. The van der Waals surface area contributed by atoms with Crippen LogP contribution in [-0.4, -0.2) is 35.6 Å². The minimum atomic E-state index is 0.0206. The highest BCUT2D eigenvalue weighted by molar-refractivity contribution is 5.80. The smallest absolute Gasteiger partial charge is 0.226 e. The quantitative estimate of drug-likeness (QED) is 0.747. The van der Waals surface area contributed by atoms with Gasteiger partial charge in [-0.3, -0.25) is 4.79 Å². The Balaban J connectivity index is 2.73. The Kier molecular flexibility index (Phi) is 5.19. The third-order valence-corrected chi connectivity index (χ3v) is 3.84. The minimum Gasteiger partial charge on any atom is -0.395 e. The van der Waals surface area contributed by atoms with Crippen LogP contribution in [0.4, 0.5) is 0 Å². The van der Waals surface area contributed by atoms with E-state index in [0.29, 0.717) is 13.1 Å². The molecule has 1 fully saturated rings. The van der Waals surface area contributed by atoms with Gasteiger partial charge < -0.3 is 10.0 Å². The molecule has 0 aromatic heterocycles. The maximum atomic E-state index is 12.5. The van der Waals surface area contributed by atoms with E-state index in [-0.39, 0.29) is 23.8 Å². The number of hydrogen-bond donors (Lipinski definition) is 1. The Bertz CT molecular complexity index is 273. The van der Waals surface area contributed by atoms with E-state index in [2.05, 4.69) is 20.4 Å². The number of aliphatic hydroxyl groups is 1. The summed E-state index contributed by atoms with van der Waals surface area (Å²) >= 11 is 0. The number of carbonyl (C=O) groups is 1. The lowest BCUT2D eigenvalue weighted by Gasteiger charge is -2.40. The molecular weight excluding hydrogens is 214 g/mol. The Morgan fingerprint density at radius 1 is 1.53 bits per heavy atom. The van der Waals surface area contributed by atoms with Crippen LogP contribution in [0, 0.1) is 11.3 Å². The number of aliphatic hydroxyl groups excluding tert-OH is 1. The first kappa shape index (κ1) is 14.2. The first-order valence-electron chi connectivity index (χ1n) is 6.53. The Labute approximate surface area is 105 Å². The third kappa shape index (κ3) is 3.56. The zero-order valence-corrected chi connectivity index (χ0v) is 11.1. The van der Waals surface area contributed by atoms with Gasteiger partial charge in [0, 0.05) is 19.0 Å². The average molecular weight is 239 g/mol. The highest BCUT2D eigenvalue weighted by Crippen LogP contribution is 2.41. The van der Waals surface area contributed by atoms with Crippen molar-refractivity contribution in [2.24, 2.45) is 11.3 Å². The van der Waals surface area contributed by atoms with Crippen LogP contribution in [-0.2, 0) is 4.79 Å². The van der Waals surface area contributed by atoms with Gasteiger partial charge in [-0.2, -0.15) is 0 Å². The summed E-state index contributed by atoms with van der Waals surface area (Å²) < 4.78 is 0. The molecule has 1 saturated carbocycles. The van der Waals surface area contributed by atoms with Crippen molar-refractivity contribution in [3.05, 3.63) is 12.7 Å². The summed E-state index contributed by atoms with van der Waals surface area (Å²) in [5.74, 6) is 0.284. The maximum absolute atomic E-state index is 12.5. The molecule has 98 valence electrons. The van der Waals surface area contributed by atoms with E-state index in [1.54, 1.807) is 11.0 Å². The largest absolute Gasteiger partial charge is 0.395 e. The van der Waals surface area contributed by atoms with Crippen LogP contribution in [0.2, 0.25) is 0 Å². The van der Waals surface area contributed by atoms with Crippen molar-refractivity contribution < 1.29 is 9.90 Å². The van der Waals surface area contributed by atoms with Gasteiger partial charge >= 0.3 is 0 Å². The molecule has 1 aliphatic rings. The molecule has 0 aromatic rings. The number of rotatable bonds is 5. The van der Waals surface area contributed by atoms with Crippen LogP contribution in [0.15, 0.2) is 12.7 Å². The average Bonchev–Trinajstić information content (AvgIpc) is 2.27. The van der Waals surface area contributed by atoms with E-state index in [4.69, 9.17) is 5.11 Å². The molecule has 0 aliphatic heterocycles. The van der Waals surface area contributed by atoms with Crippen LogP contribution in [0.3, 0.4) is 0 Å². The summed E-state index contributed by atoms with van der Waals surface area (Å²) in [6.07, 6.45) is 6.18. The molecule has 0 saturated heterocycles. The van der Waals surface area contributed by atoms with Crippen LogP contribution < -0.4 is 0 Å². The standard InChI is InChI=1S/C14H25NO2/c1-4-9-15(10-11-16)13(17)12-7-5-6-8-14(12,2)3/h4,12,16H,1,5-11H2,2-3H3. The fourth-order valence-corrected chi connectivity index (χ4v) is 2.74. The van der Waals surface area contributed by atoms with Gasteiger partial charge in [0.05, 0.1) is 6.61 Å². The van der Waals surface area contributed by atoms with E-state index in [9.17, 15) is 4.79 Å². The third-order valence-electron chi connectivity index (χ3n) is 3.84. The Hall–Kier alpha value is -0.830. The topological polar surface area (TPSA) is 40.5 Å². The van der Waals surface area contributed by atoms with Crippen molar-refractivity contribution in [2.75, 3.05) is 19.7 Å². The zero-order valence-electron chi connectivity index (χ0n) is 11.1. The highest BCUT2D eigenvalue weighted by Gasteiger charge is 2.38. The van der Waals surface area contributed by atoms with Gasteiger partial charge in [-0.15, -0.1) is 6.58 Å². The van der Waals surface area contributed by atoms with Gasteiger partial charge in [0.1, 0.15) is 0 Å².